The molecule has 12 heavy (non-hydrogen) atoms. The Morgan fingerprint density at radius 2 is 2.00 bits per heavy atom. The van der Waals surface area contributed by atoms with E-state index in [1.165, 1.54) is 16.7 Å². The SMILES string of the molecule is C/C(=C/Cl)c1ccc(C)cc1C. The Morgan fingerprint density at radius 3 is 2.50 bits per heavy atom. The largest absolute Gasteiger partial charge is 0.0926 e. The molecule has 0 saturated carbocycles. The molecule has 0 saturated heterocycles. The van der Waals surface area contributed by atoms with Crippen LogP contribution in [0.5, 0.6) is 0 Å². The highest BCUT2D eigenvalue weighted by Crippen LogP contribution is 2.19. The summed E-state index contributed by atoms with van der Waals surface area (Å²) in [4.78, 5) is 0. The van der Waals surface area contributed by atoms with Gasteiger partial charge in [0.1, 0.15) is 0 Å². The minimum atomic E-state index is 1.12. The second kappa shape index (κ2) is 3.77. The van der Waals surface area contributed by atoms with Gasteiger partial charge in [-0.1, -0.05) is 35.4 Å². The Hall–Kier alpha value is -0.750. The lowest BCUT2D eigenvalue weighted by Gasteiger charge is -2.05. The zero-order chi connectivity index (χ0) is 9.14. The van der Waals surface area contributed by atoms with Gasteiger partial charge in [-0.3, -0.25) is 0 Å². The van der Waals surface area contributed by atoms with Crippen LogP contribution < -0.4 is 0 Å². The quantitative estimate of drug-likeness (QED) is 0.615. The highest BCUT2D eigenvalue weighted by molar-refractivity contribution is 6.28. The number of halogens is 1. The summed E-state index contributed by atoms with van der Waals surface area (Å²) in [5.41, 5.74) is 6.55. The molecular formula is C11H13Cl. The predicted molar refractivity (Wildman–Crippen MR) is 55.4 cm³/mol. The van der Waals surface area contributed by atoms with E-state index < -0.39 is 0 Å². The molecule has 0 amide bonds. The first-order valence-corrected chi connectivity index (χ1v) is 4.43. The molecule has 0 unspecified atom stereocenters. The summed E-state index contributed by atoms with van der Waals surface area (Å²) in [7, 11) is 0. The molecule has 0 aliphatic carbocycles. The summed E-state index contributed by atoms with van der Waals surface area (Å²) in [6, 6.07) is 6.38. The van der Waals surface area contributed by atoms with Crippen LogP contribution in [0.3, 0.4) is 0 Å². The Morgan fingerprint density at radius 1 is 1.33 bits per heavy atom. The monoisotopic (exact) mass is 180 g/mol. The minimum absolute atomic E-state index is 1.12. The van der Waals surface area contributed by atoms with Crippen molar-refractivity contribution in [3.8, 4) is 0 Å². The lowest BCUT2D eigenvalue weighted by atomic mass is 10.0. The Kier molecular flexibility index (Phi) is 2.93. The van der Waals surface area contributed by atoms with Gasteiger partial charge in [0.05, 0.1) is 0 Å². The topological polar surface area (TPSA) is 0 Å². The average molecular weight is 181 g/mol. The fraction of sp³-hybridized carbons (Fsp3) is 0.273. The molecule has 0 aliphatic rings. The van der Waals surface area contributed by atoms with Gasteiger partial charge in [0.25, 0.3) is 0 Å². The van der Waals surface area contributed by atoms with E-state index in [9.17, 15) is 0 Å². The molecule has 1 rings (SSSR count). The van der Waals surface area contributed by atoms with Crippen LogP contribution in [-0.2, 0) is 0 Å². The molecule has 1 aromatic carbocycles. The summed E-state index contributed by atoms with van der Waals surface area (Å²) in [5.74, 6) is 0. The van der Waals surface area contributed by atoms with Crippen LogP contribution in [0.25, 0.3) is 5.57 Å². The second-order valence-corrected chi connectivity index (χ2v) is 3.33. The van der Waals surface area contributed by atoms with Crippen molar-refractivity contribution in [1.82, 2.24) is 0 Å². The first kappa shape index (κ1) is 9.34. The molecule has 0 heterocycles. The summed E-state index contributed by atoms with van der Waals surface area (Å²) < 4.78 is 0. The van der Waals surface area contributed by atoms with Crippen LogP contribution in [0.15, 0.2) is 23.7 Å². The van der Waals surface area contributed by atoms with Crippen molar-refractivity contribution in [2.75, 3.05) is 0 Å². The average Bonchev–Trinajstić information content (AvgIpc) is 2.03. The third-order valence-electron chi connectivity index (χ3n) is 1.97. The highest BCUT2D eigenvalue weighted by Gasteiger charge is 1.98. The van der Waals surface area contributed by atoms with Gasteiger partial charge in [0.15, 0.2) is 0 Å². The van der Waals surface area contributed by atoms with Crippen molar-refractivity contribution in [3.05, 3.63) is 40.4 Å². The maximum atomic E-state index is 5.64. The van der Waals surface area contributed by atoms with Crippen molar-refractivity contribution < 1.29 is 0 Å². The molecule has 0 nitrogen and oxygen atoms in total. The van der Waals surface area contributed by atoms with E-state index in [-0.39, 0.29) is 0 Å². The van der Waals surface area contributed by atoms with E-state index in [1.807, 2.05) is 6.92 Å². The highest BCUT2D eigenvalue weighted by atomic mass is 35.5. The Bertz CT molecular complexity index is 311. The minimum Gasteiger partial charge on any atom is -0.0926 e. The zero-order valence-electron chi connectivity index (χ0n) is 7.69. The second-order valence-electron chi connectivity index (χ2n) is 3.11. The van der Waals surface area contributed by atoms with Gasteiger partial charge in [-0.05, 0) is 37.5 Å². The fourth-order valence-electron chi connectivity index (χ4n) is 1.31. The maximum absolute atomic E-state index is 5.64. The first-order chi connectivity index (χ1) is 5.65. The molecule has 1 aromatic rings. The van der Waals surface area contributed by atoms with Gasteiger partial charge in [-0.2, -0.15) is 0 Å². The summed E-state index contributed by atoms with van der Waals surface area (Å²) in [5, 5.41) is 0. The molecule has 1 heteroatoms. The number of hydrogen-bond donors (Lipinski definition) is 0. The molecule has 0 atom stereocenters. The third kappa shape index (κ3) is 1.89. The first-order valence-electron chi connectivity index (χ1n) is 3.99. The van der Waals surface area contributed by atoms with Gasteiger partial charge in [-0.25, -0.2) is 0 Å². The molecule has 0 bridgehead atoms. The number of hydrogen-bond acceptors (Lipinski definition) is 0. The van der Waals surface area contributed by atoms with Gasteiger partial charge in [0.2, 0.25) is 0 Å². The third-order valence-corrected chi connectivity index (χ3v) is 2.30. The molecule has 0 spiro atoms. The van der Waals surface area contributed by atoms with E-state index in [4.69, 9.17) is 11.6 Å². The summed E-state index contributed by atoms with van der Waals surface area (Å²) in [6.45, 7) is 6.22. The summed E-state index contributed by atoms with van der Waals surface area (Å²) >= 11 is 5.64. The van der Waals surface area contributed by atoms with Crippen LogP contribution >= 0.6 is 11.6 Å². The van der Waals surface area contributed by atoms with Crippen LogP contribution in [0.4, 0.5) is 0 Å². The fourth-order valence-corrected chi connectivity index (χ4v) is 1.43. The van der Waals surface area contributed by atoms with Crippen LogP contribution in [0.2, 0.25) is 0 Å². The van der Waals surface area contributed by atoms with E-state index in [0.717, 1.165) is 5.57 Å². The van der Waals surface area contributed by atoms with Crippen LogP contribution in [0.1, 0.15) is 23.6 Å². The Balaban J connectivity index is 3.18. The Labute approximate surface area is 78.9 Å². The molecule has 0 fully saturated rings. The molecule has 0 radical (unpaired) electrons. The van der Waals surface area contributed by atoms with Crippen molar-refractivity contribution in [3.63, 3.8) is 0 Å². The molecule has 64 valence electrons. The number of rotatable bonds is 1. The van der Waals surface area contributed by atoms with E-state index in [2.05, 4.69) is 32.0 Å². The molecular weight excluding hydrogens is 168 g/mol. The van der Waals surface area contributed by atoms with Gasteiger partial charge >= 0.3 is 0 Å². The molecule has 0 aliphatic heterocycles. The normalized spacial score (nSPS) is 11.8. The summed E-state index contributed by atoms with van der Waals surface area (Å²) in [6.07, 6.45) is 0. The van der Waals surface area contributed by atoms with Crippen molar-refractivity contribution in [2.45, 2.75) is 20.8 Å². The zero-order valence-corrected chi connectivity index (χ0v) is 8.44. The number of allylic oxidation sites excluding steroid dienone is 1. The van der Waals surface area contributed by atoms with E-state index >= 15 is 0 Å². The number of benzene rings is 1. The standard InChI is InChI=1S/C11H13Cl/c1-8-4-5-11(9(2)6-8)10(3)7-12/h4-7H,1-3H3/b10-7-. The lowest BCUT2D eigenvalue weighted by molar-refractivity contribution is 1.35. The van der Waals surface area contributed by atoms with Gasteiger partial charge in [-0.15, -0.1) is 0 Å². The van der Waals surface area contributed by atoms with Crippen LogP contribution in [0, 0.1) is 13.8 Å². The van der Waals surface area contributed by atoms with Crippen molar-refractivity contribution in [2.24, 2.45) is 0 Å². The smallest absolute Gasteiger partial charge is 0.00778 e. The molecule has 0 aromatic heterocycles. The van der Waals surface area contributed by atoms with Gasteiger partial charge < -0.3 is 0 Å². The molecule has 0 N–H and O–H groups in total. The van der Waals surface area contributed by atoms with E-state index in [1.54, 1.807) is 5.54 Å². The number of aryl methyl sites for hydroxylation is 2. The maximum Gasteiger partial charge on any atom is 0.00778 e. The van der Waals surface area contributed by atoms with Gasteiger partial charge in [0, 0.05) is 5.54 Å². The lowest BCUT2D eigenvalue weighted by Crippen LogP contribution is -1.85. The predicted octanol–water partition coefficient (Wildman–Crippen LogP) is 3.90. The van der Waals surface area contributed by atoms with E-state index in [0.29, 0.717) is 0 Å². The van der Waals surface area contributed by atoms with Crippen LogP contribution in [-0.4, -0.2) is 0 Å². The van der Waals surface area contributed by atoms with Crippen molar-refractivity contribution >= 4 is 17.2 Å². The van der Waals surface area contributed by atoms with Crippen molar-refractivity contribution in [1.29, 1.82) is 0 Å².